The van der Waals surface area contributed by atoms with Crippen molar-refractivity contribution in [3.05, 3.63) is 23.0 Å². The van der Waals surface area contributed by atoms with Crippen molar-refractivity contribution in [3.63, 3.8) is 0 Å². The zero-order valence-corrected chi connectivity index (χ0v) is 7.43. The fourth-order valence-corrected chi connectivity index (χ4v) is 1.02. The topological polar surface area (TPSA) is 50.2 Å². The van der Waals surface area contributed by atoms with Crippen LogP contribution < -0.4 is 0 Å². The van der Waals surface area contributed by atoms with E-state index in [1.165, 1.54) is 12.3 Å². The number of carbonyl (C=O) groups excluding carboxylic acids is 1. The predicted octanol–water partition coefficient (Wildman–Crippen LogP) is 1.75. The molecule has 1 aromatic rings. The molecular weight excluding hydrogens is 201 g/mol. The van der Waals surface area contributed by atoms with E-state index in [1.54, 1.807) is 0 Å². The summed E-state index contributed by atoms with van der Waals surface area (Å²) < 4.78 is 0. The number of hydrogen-bond donors (Lipinski definition) is 1. The summed E-state index contributed by atoms with van der Waals surface area (Å²) in [5.41, 5.74) is 0.197. The first-order valence-electron chi connectivity index (χ1n) is 3.12. The molecule has 0 aliphatic heterocycles. The van der Waals surface area contributed by atoms with Gasteiger partial charge in [0.1, 0.15) is 0 Å². The molecule has 0 atom stereocenters. The van der Waals surface area contributed by atoms with Crippen molar-refractivity contribution in [2.45, 2.75) is 6.42 Å². The summed E-state index contributed by atoms with van der Waals surface area (Å²) >= 11 is 10.7. The molecular formula is C7H5Cl2NO2. The van der Waals surface area contributed by atoms with Crippen LogP contribution in [0.1, 0.15) is 5.69 Å². The summed E-state index contributed by atoms with van der Waals surface area (Å²) in [7, 11) is 0. The van der Waals surface area contributed by atoms with E-state index in [2.05, 4.69) is 4.98 Å². The molecule has 0 unspecified atom stereocenters. The molecule has 64 valence electrons. The molecule has 0 amide bonds. The van der Waals surface area contributed by atoms with Crippen LogP contribution in [-0.4, -0.2) is 15.3 Å². The Balaban J connectivity index is 3.00. The van der Waals surface area contributed by atoms with E-state index in [-0.39, 0.29) is 22.9 Å². The number of aromatic hydroxyl groups is 1. The molecule has 0 aliphatic rings. The minimum absolute atomic E-state index is 0.117. The van der Waals surface area contributed by atoms with Crippen molar-refractivity contribution in [3.8, 4) is 5.75 Å². The second kappa shape index (κ2) is 3.74. The SMILES string of the molecule is O=C(Cl)Cc1nccc(Cl)c1O. The Morgan fingerprint density at radius 1 is 1.67 bits per heavy atom. The van der Waals surface area contributed by atoms with Gasteiger partial charge in [0.15, 0.2) is 5.75 Å². The smallest absolute Gasteiger partial charge is 0.227 e. The first kappa shape index (κ1) is 9.29. The molecule has 0 fully saturated rings. The molecule has 0 saturated heterocycles. The molecule has 0 aromatic carbocycles. The van der Waals surface area contributed by atoms with Gasteiger partial charge in [-0.2, -0.15) is 0 Å². The van der Waals surface area contributed by atoms with Crippen LogP contribution in [0.3, 0.4) is 0 Å². The number of pyridine rings is 1. The summed E-state index contributed by atoms with van der Waals surface area (Å²) in [4.78, 5) is 14.2. The molecule has 3 nitrogen and oxygen atoms in total. The second-order valence-corrected chi connectivity index (χ2v) is 2.95. The van der Waals surface area contributed by atoms with Crippen LogP contribution in [0, 0.1) is 0 Å². The van der Waals surface area contributed by atoms with Crippen LogP contribution >= 0.6 is 23.2 Å². The van der Waals surface area contributed by atoms with Gasteiger partial charge in [-0.25, -0.2) is 0 Å². The Bertz CT molecular complexity index is 314. The first-order chi connectivity index (χ1) is 5.61. The van der Waals surface area contributed by atoms with Crippen molar-refractivity contribution < 1.29 is 9.90 Å². The van der Waals surface area contributed by atoms with Crippen molar-refractivity contribution >= 4 is 28.4 Å². The molecule has 5 heteroatoms. The number of carbonyl (C=O) groups is 1. The van der Waals surface area contributed by atoms with Gasteiger partial charge in [0.25, 0.3) is 0 Å². The zero-order valence-electron chi connectivity index (χ0n) is 5.92. The van der Waals surface area contributed by atoms with E-state index in [9.17, 15) is 9.90 Å². The molecule has 1 aromatic heterocycles. The van der Waals surface area contributed by atoms with Gasteiger partial charge >= 0.3 is 0 Å². The number of halogens is 2. The van der Waals surface area contributed by atoms with Crippen LogP contribution in [0.25, 0.3) is 0 Å². The lowest BCUT2D eigenvalue weighted by molar-refractivity contribution is -0.111. The Hall–Kier alpha value is -0.800. The number of aromatic nitrogens is 1. The summed E-state index contributed by atoms with van der Waals surface area (Å²) in [6.07, 6.45) is 1.28. The molecule has 1 heterocycles. The maximum atomic E-state index is 10.4. The lowest BCUT2D eigenvalue weighted by Crippen LogP contribution is -1.96. The van der Waals surface area contributed by atoms with Gasteiger partial charge in [0.05, 0.1) is 17.1 Å². The highest BCUT2D eigenvalue weighted by molar-refractivity contribution is 6.63. The summed E-state index contributed by atoms with van der Waals surface area (Å²) in [5.74, 6) is -0.187. The predicted molar refractivity (Wildman–Crippen MR) is 45.5 cm³/mol. The Morgan fingerprint density at radius 3 is 2.92 bits per heavy atom. The summed E-state index contributed by atoms with van der Waals surface area (Å²) in [5, 5.41) is 8.82. The van der Waals surface area contributed by atoms with Crippen molar-refractivity contribution in [2.24, 2.45) is 0 Å². The normalized spacial score (nSPS) is 9.83. The third-order valence-corrected chi connectivity index (χ3v) is 1.70. The van der Waals surface area contributed by atoms with E-state index in [4.69, 9.17) is 23.2 Å². The fraction of sp³-hybridized carbons (Fsp3) is 0.143. The Kier molecular flexibility index (Phi) is 2.89. The fourth-order valence-electron chi connectivity index (χ4n) is 0.732. The largest absolute Gasteiger partial charge is 0.505 e. The van der Waals surface area contributed by atoms with E-state index in [1.807, 2.05) is 0 Å². The van der Waals surface area contributed by atoms with Crippen LogP contribution in [0.2, 0.25) is 5.02 Å². The van der Waals surface area contributed by atoms with Gasteiger partial charge in [-0.1, -0.05) is 11.6 Å². The molecule has 0 radical (unpaired) electrons. The van der Waals surface area contributed by atoms with Gasteiger partial charge < -0.3 is 5.11 Å². The third-order valence-electron chi connectivity index (χ3n) is 1.26. The molecule has 0 spiro atoms. The van der Waals surface area contributed by atoms with Crippen LogP contribution in [0.5, 0.6) is 5.75 Å². The van der Waals surface area contributed by atoms with Crippen molar-refractivity contribution in [1.82, 2.24) is 4.98 Å². The summed E-state index contributed by atoms with van der Waals surface area (Å²) in [6.45, 7) is 0. The van der Waals surface area contributed by atoms with Crippen LogP contribution in [0.4, 0.5) is 0 Å². The molecule has 12 heavy (non-hydrogen) atoms. The maximum Gasteiger partial charge on any atom is 0.227 e. The number of rotatable bonds is 2. The molecule has 0 bridgehead atoms. The second-order valence-electron chi connectivity index (χ2n) is 2.12. The van der Waals surface area contributed by atoms with E-state index in [0.717, 1.165) is 0 Å². The van der Waals surface area contributed by atoms with Crippen molar-refractivity contribution in [1.29, 1.82) is 0 Å². The quantitative estimate of drug-likeness (QED) is 0.749. The van der Waals surface area contributed by atoms with Crippen LogP contribution in [-0.2, 0) is 11.2 Å². The average Bonchev–Trinajstić information content (AvgIpc) is 1.98. The highest BCUT2D eigenvalue weighted by Crippen LogP contribution is 2.25. The van der Waals surface area contributed by atoms with Crippen molar-refractivity contribution in [2.75, 3.05) is 0 Å². The van der Waals surface area contributed by atoms with Gasteiger partial charge in [0, 0.05) is 6.20 Å². The minimum Gasteiger partial charge on any atom is -0.505 e. The lowest BCUT2D eigenvalue weighted by atomic mass is 10.2. The molecule has 0 saturated carbocycles. The van der Waals surface area contributed by atoms with Gasteiger partial charge in [-0.15, -0.1) is 0 Å². The highest BCUT2D eigenvalue weighted by Gasteiger charge is 2.09. The highest BCUT2D eigenvalue weighted by atomic mass is 35.5. The number of nitrogens with zero attached hydrogens (tertiary/aromatic N) is 1. The van der Waals surface area contributed by atoms with E-state index >= 15 is 0 Å². The van der Waals surface area contributed by atoms with Crippen LogP contribution in [0.15, 0.2) is 12.3 Å². The van der Waals surface area contributed by atoms with E-state index < -0.39 is 5.24 Å². The first-order valence-corrected chi connectivity index (χ1v) is 3.87. The molecule has 0 aliphatic carbocycles. The number of hydrogen-bond acceptors (Lipinski definition) is 3. The molecule has 1 rings (SSSR count). The molecule has 1 N–H and O–H groups in total. The minimum atomic E-state index is -0.583. The zero-order chi connectivity index (χ0) is 9.14. The Morgan fingerprint density at radius 2 is 2.33 bits per heavy atom. The standard InChI is InChI=1S/C7H5Cl2NO2/c8-4-1-2-10-5(7(4)12)3-6(9)11/h1-2,12H,3H2. The van der Waals surface area contributed by atoms with Gasteiger partial charge in [0.2, 0.25) is 5.24 Å². The summed E-state index contributed by atoms with van der Waals surface area (Å²) in [6, 6.07) is 1.43. The third kappa shape index (κ3) is 2.09. The lowest BCUT2D eigenvalue weighted by Gasteiger charge is -2.00. The van der Waals surface area contributed by atoms with Gasteiger partial charge in [-0.3, -0.25) is 9.78 Å². The average molecular weight is 206 g/mol. The maximum absolute atomic E-state index is 10.4. The van der Waals surface area contributed by atoms with Gasteiger partial charge in [-0.05, 0) is 17.7 Å². The monoisotopic (exact) mass is 205 g/mol. The Labute approximate surface area is 78.9 Å². The van der Waals surface area contributed by atoms with E-state index in [0.29, 0.717) is 0 Å².